The largest absolute Gasteiger partial charge is 0.318 e. The first-order chi connectivity index (χ1) is 11.5. The molecule has 122 valence electrons. The van der Waals surface area contributed by atoms with Crippen LogP contribution in [0.1, 0.15) is 18.1 Å². The molecule has 0 radical (unpaired) electrons. The van der Waals surface area contributed by atoms with E-state index < -0.39 is 0 Å². The van der Waals surface area contributed by atoms with Crippen molar-refractivity contribution in [1.82, 2.24) is 4.57 Å². The number of nitro groups is 1. The second kappa shape index (κ2) is 6.37. The van der Waals surface area contributed by atoms with Gasteiger partial charge in [-0.15, -0.1) is 5.10 Å². The molecule has 0 fully saturated rings. The van der Waals surface area contributed by atoms with Crippen LogP contribution in [0.4, 0.5) is 5.69 Å². The van der Waals surface area contributed by atoms with Gasteiger partial charge in [-0.25, -0.2) is 0 Å². The highest BCUT2D eigenvalue weighted by atomic mass is 32.1. The molecule has 1 aromatic heterocycles. The predicted octanol–water partition coefficient (Wildman–Crippen LogP) is 3.78. The molecular weight excluding hydrogens is 324 g/mol. The zero-order valence-electron chi connectivity index (χ0n) is 13.6. The SMILES string of the molecule is C/C(=N/N=c1/sc2ccccc2n1C)c1ccc(C)c([N+](=O)[O-])c1. The van der Waals surface area contributed by atoms with Gasteiger partial charge < -0.3 is 4.57 Å². The molecule has 6 nitrogen and oxygen atoms in total. The summed E-state index contributed by atoms with van der Waals surface area (Å²) in [6.07, 6.45) is 0. The van der Waals surface area contributed by atoms with Gasteiger partial charge in [-0.2, -0.15) is 5.10 Å². The Morgan fingerprint density at radius 3 is 2.71 bits per heavy atom. The van der Waals surface area contributed by atoms with Crippen LogP contribution in [0, 0.1) is 17.0 Å². The lowest BCUT2D eigenvalue weighted by Crippen LogP contribution is -2.09. The molecule has 0 amide bonds. The Bertz CT molecular complexity index is 1030. The van der Waals surface area contributed by atoms with Gasteiger partial charge in [0.05, 0.1) is 20.9 Å². The van der Waals surface area contributed by atoms with Crippen LogP contribution in [0.25, 0.3) is 10.2 Å². The van der Waals surface area contributed by atoms with Crippen LogP contribution in [-0.4, -0.2) is 15.2 Å². The Kier molecular flexibility index (Phi) is 4.26. The van der Waals surface area contributed by atoms with Crippen molar-refractivity contribution in [3.8, 4) is 0 Å². The quantitative estimate of drug-likeness (QED) is 0.413. The van der Waals surface area contributed by atoms with Gasteiger partial charge in [0.15, 0.2) is 0 Å². The second-order valence-electron chi connectivity index (χ2n) is 5.46. The lowest BCUT2D eigenvalue weighted by molar-refractivity contribution is -0.385. The second-order valence-corrected chi connectivity index (χ2v) is 6.46. The zero-order chi connectivity index (χ0) is 17.3. The number of nitrogens with zero attached hydrogens (tertiary/aromatic N) is 4. The Morgan fingerprint density at radius 2 is 2.00 bits per heavy atom. The molecule has 0 aliphatic rings. The average molecular weight is 340 g/mol. The van der Waals surface area contributed by atoms with Crippen LogP contribution in [0.3, 0.4) is 0 Å². The molecule has 3 rings (SSSR count). The molecule has 0 spiro atoms. The number of rotatable bonds is 3. The highest BCUT2D eigenvalue weighted by Crippen LogP contribution is 2.20. The first kappa shape index (κ1) is 16.1. The molecule has 0 bridgehead atoms. The third-order valence-corrected chi connectivity index (χ3v) is 4.93. The summed E-state index contributed by atoms with van der Waals surface area (Å²) in [4.78, 5) is 11.5. The summed E-state index contributed by atoms with van der Waals surface area (Å²) in [5, 5.41) is 19.6. The van der Waals surface area contributed by atoms with Gasteiger partial charge in [-0.1, -0.05) is 35.6 Å². The smallest absolute Gasteiger partial charge is 0.272 e. The number of aromatic nitrogens is 1. The Hall–Kier alpha value is -2.80. The number of benzene rings is 2. The van der Waals surface area contributed by atoms with Crippen LogP contribution >= 0.6 is 11.3 Å². The number of para-hydroxylation sites is 1. The summed E-state index contributed by atoms with van der Waals surface area (Å²) in [7, 11) is 1.94. The topological polar surface area (TPSA) is 72.8 Å². The Labute approximate surface area is 142 Å². The molecule has 0 unspecified atom stereocenters. The van der Waals surface area contributed by atoms with Crippen LogP contribution in [-0.2, 0) is 7.05 Å². The number of fused-ring (bicyclic) bond motifs is 1. The summed E-state index contributed by atoms with van der Waals surface area (Å²) in [6.45, 7) is 3.52. The molecular formula is C17H16N4O2S. The van der Waals surface area contributed by atoms with E-state index in [9.17, 15) is 10.1 Å². The van der Waals surface area contributed by atoms with Crippen LogP contribution in [0.5, 0.6) is 0 Å². The molecule has 0 aliphatic heterocycles. The molecule has 0 aliphatic carbocycles. The van der Waals surface area contributed by atoms with Gasteiger partial charge >= 0.3 is 0 Å². The Morgan fingerprint density at radius 1 is 1.25 bits per heavy atom. The predicted molar refractivity (Wildman–Crippen MR) is 96.4 cm³/mol. The lowest BCUT2D eigenvalue weighted by Gasteiger charge is -2.01. The number of thiazole rings is 1. The third kappa shape index (κ3) is 2.98. The highest BCUT2D eigenvalue weighted by molar-refractivity contribution is 7.16. The maximum Gasteiger partial charge on any atom is 0.272 e. The zero-order valence-corrected chi connectivity index (χ0v) is 14.4. The van der Waals surface area contributed by atoms with Gasteiger partial charge in [-0.3, -0.25) is 10.1 Å². The van der Waals surface area contributed by atoms with Crippen molar-refractivity contribution in [2.45, 2.75) is 13.8 Å². The van der Waals surface area contributed by atoms with E-state index in [1.165, 1.54) is 6.07 Å². The van der Waals surface area contributed by atoms with Crippen LogP contribution in [0.15, 0.2) is 52.7 Å². The molecule has 1 heterocycles. The minimum absolute atomic E-state index is 0.0921. The molecule has 0 saturated heterocycles. The van der Waals surface area contributed by atoms with E-state index in [1.807, 2.05) is 41.9 Å². The van der Waals surface area contributed by atoms with Crippen molar-refractivity contribution in [3.05, 3.63) is 68.5 Å². The number of aryl methyl sites for hydroxylation is 2. The number of hydrogen-bond acceptors (Lipinski definition) is 5. The lowest BCUT2D eigenvalue weighted by atomic mass is 10.1. The summed E-state index contributed by atoms with van der Waals surface area (Å²) in [5.74, 6) is 0. The van der Waals surface area contributed by atoms with E-state index in [0.29, 0.717) is 16.8 Å². The summed E-state index contributed by atoms with van der Waals surface area (Å²) >= 11 is 1.55. The van der Waals surface area contributed by atoms with Gasteiger partial charge in [0.1, 0.15) is 0 Å². The van der Waals surface area contributed by atoms with E-state index in [-0.39, 0.29) is 10.6 Å². The summed E-state index contributed by atoms with van der Waals surface area (Å²) in [5.41, 5.74) is 3.15. The molecule has 0 N–H and O–H groups in total. The molecule has 0 saturated carbocycles. The fraction of sp³-hybridized carbons (Fsp3) is 0.176. The summed E-state index contributed by atoms with van der Waals surface area (Å²) < 4.78 is 3.12. The maximum atomic E-state index is 11.1. The minimum Gasteiger partial charge on any atom is -0.318 e. The van der Waals surface area contributed by atoms with Crippen LogP contribution in [0.2, 0.25) is 0 Å². The van der Waals surface area contributed by atoms with E-state index in [2.05, 4.69) is 10.2 Å². The fourth-order valence-corrected chi connectivity index (χ4v) is 3.35. The first-order valence-corrected chi connectivity index (χ1v) is 8.17. The van der Waals surface area contributed by atoms with Gasteiger partial charge in [0.2, 0.25) is 4.80 Å². The number of nitro benzene ring substituents is 1. The first-order valence-electron chi connectivity index (χ1n) is 7.35. The minimum atomic E-state index is -0.380. The van der Waals surface area contributed by atoms with Gasteiger partial charge in [0.25, 0.3) is 5.69 Å². The standard InChI is InChI=1S/C17H16N4O2S/c1-11-8-9-13(10-15(11)21(22)23)12(2)18-19-17-20(3)14-6-4-5-7-16(14)24-17/h4-10H,1-3H3/b18-12-,19-17+. The molecule has 2 aromatic carbocycles. The average Bonchev–Trinajstić information content (AvgIpc) is 2.89. The summed E-state index contributed by atoms with van der Waals surface area (Å²) in [6, 6.07) is 13.1. The van der Waals surface area contributed by atoms with Crippen molar-refractivity contribution in [2.24, 2.45) is 17.3 Å². The fourth-order valence-electron chi connectivity index (χ4n) is 2.38. The maximum absolute atomic E-state index is 11.1. The van der Waals surface area contributed by atoms with E-state index >= 15 is 0 Å². The van der Waals surface area contributed by atoms with Crippen molar-refractivity contribution in [3.63, 3.8) is 0 Å². The van der Waals surface area contributed by atoms with Gasteiger partial charge in [0, 0.05) is 24.2 Å². The van der Waals surface area contributed by atoms with E-state index in [4.69, 9.17) is 0 Å². The normalized spacial score (nSPS) is 12.8. The van der Waals surface area contributed by atoms with Gasteiger partial charge in [-0.05, 0) is 26.0 Å². The van der Waals surface area contributed by atoms with Crippen LogP contribution < -0.4 is 4.80 Å². The highest BCUT2D eigenvalue weighted by Gasteiger charge is 2.12. The number of hydrogen-bond donors (Lipinski definition) is 0. The van der Waals surface area contributed by atoms with Crippen molar-refractivity contribution in [2.75, 3.05) is 0 Å². The Balaban J connectivity index is 2.03. The molecule has 7 heteroatoms. The molecule has 0 atom stereocenters. The van der Waals surface area contributed by atoms with E-state index in [0.717, 1.165) is 15.0 Å². The monoisotopic (exact) mass is 340 g/mol. The van der Waals surface area contributed by atoms with Crippen molar-refractivity contribution < 1.29 is 4.92 Å². The van der Waals surface area contributed by atoms with Crippen molar-refractivity contribution >= 4 is 33.0 Å². The molecule has 24 heavy (non-hydrogen) atoms. The third-order valence-electron chi connectivity index (χ3n) is 3.82. The molecule has 3 aromatic rings. The van der Waals surface area contributed by atoms with E-state index in [1.54, 1.807) is 31.3 Å². The van der Waals surface area contributed by atoms with Crippen molar-refractivity contribution in [1.29, 1.82) is 0 Å².